The van der Waals surface area contributed by atoms with E-state index in [0.29, 0.717) is 16.1 Å². The summed E-state index contributed by atoms with van der Waals surface area (Å²) in [5.74, 6) is -0.834. The van der Waals surface area contributed by atoms with Crippen molar-refractivity contribution in [2.75, 3.05) is 24.2 Å². The lowest BCUT2D eigenvalue weighted by atomic mass is 9.95. The molecule has 2 N–H and O–H groups in total. The van der Waals surface area contributed by atoms with Crippen molar-refractivity contribution in [3.8, 4) is 0 Å². The summed E-state index contributed by atoms with van der Waals surface area (Å²) in [7, 11) is 1.62. The molecule has 0 saturated carbocycles. The molecule has 2 heterocycles. The molecule has 8 heteroatoms. The molecule has 176 valence electrons. The molecule has 1 aliphatic carbocycles. The van der Waals surface area contributed by atoms with Crippen LogP contribution in [0.4, 0.5) is 10.7 Å². The zero-order valence-electron chi connectivity index (χ0n) is 19.4. The third-order valence-electron chi connectivity index (χ3n) is 5.94. The smallest absolute Gasteiger partial charge is 0.257 e. The van der Waals surface area contributed by atoms with E-state index in [4.69, 9.17) is 0 Å². The molecule has 0 atom stereocenters. The van der Waals surface area contributed by atoms with Crippen molar-refractivity contribution in [2.45, 2.75) is 39.0 Å². The van der Waals surface area contributed by atoms with Crippen molar-refractivity contribution in [1.82, 2.24) is 9.88 Å². The number of hydrogen-bond acceptors (Lipinski definition) is 5. The predicted octanol–water partition coefficient (Wildman–Crippen LogP) is 4.55. The summed E-state index contributed by atoms with van der Waals surface area (Å²) in [6, 6.07) is 11.0. The Balaban J connectivity index is 1.53. The molecule has 0 saturated heterocycles. The minimum Gasteiger partial charge on any atom is -0.332 e. The summed E-state index contributed by atoms with van der Waals surface area (Å²) in [6.45, 7) is 1.94. The summed E-state index contributed by atoms with van der Waals surface area (Å²) < 4.78 is 0. The highest BCUT2D eigenvalue weighted by atomic mass is 32.1. The quantitative estimate of drug-likeness (QED) is 0.523. The lowest BCUT2D eigenvalue weighted by Gasteiger charge is -2.20. The number of para-hydroxylation sites is 1. The second-order valence-corrected chi connectivity index (χ2v) is 9.44. The lowest BCUT2D eigenvalue weighted by molar-refractivity contribution is -0.116. The van der Waals surface area contributed by atoms with Gasteiger partial charge in [0.05, 0.1) is 17.7 Å². The maximum Gasteiger partial charge on any atom is 0.257 e. The van der Waals surface area contributed by atoms with Gasteiger partial charge in [-0.3, -0.25) is 19.4 Å². The number of hydrogen-bond donors (Lipinski definition) is 2. The number of aromatic nitrogens is 1. The highest BCUT2D eigenvalue weighted by molar-refractivity contribution is 7.17. The molecule has 0 spiro atoms. The molecule has 2 aromatic heterocycles. The molecule has 0 radical (unpaired) electrons. The Morgan fingerprint density at radius 2 is 1.85 bits per heavy atom. The first-order valence-electron chi connectivity index (χ1n) is 11.5. The fraction of sp³-hybridized carbons (Fsp3) is 0.308. The molecule has 3 amide bonds. The van der Waals surface area contributed by atoms with Crippen molar-refractivity contribution in [3.63, 3.8) is 0 Å². The van der Waals surface area contributed by atoms with Gasteiger partial charge in [-0.25, -0.2) is 0 Å². The van der Waals surface area contributed by atoms with Crippen LogP contribution in [-0.4, -0.2) is 41.2 Å². The van der Waals surface area contributed by atoms with Crippen LogP contribution in [0.5, 0.6) is 0 Å². The third kappa shape index (κ3) is 5.17. The van der Waals surface area contributed by atoms with Crippen LogP contribution in [0.2, 0.25) is 0 Å². The van der Waals surface area contributed by atoms with E-state index in [1.807, 2.05) is 31.2 Å². The van der Waals surface area contributed by atoms with Gasteiger partial charge in [0.1, 0.15) is 5.00 Å². The van der Waals surface area contributed by atoms with Gasteiger partial charge in [0.15, 0.2) is 0 Å². The van der Waals surface area contributed by atoms with Gasteiger partial charge in [0.2, 0.25) is 5.91 Å². The number of fused-ring (bicyclic) bond motifs is 1. The van der Waals surface area contributed by atoms with Gasteiger partial charge < -0.3 is 15.5 Å². The molecule has 1 aliphatic rings. The number of thiophene rings is 1. The largest absolute Gasteiger partial charge is 0.332 e. The van der Waals surface area contributed by atoms with Crippen LogP contribution in [0, 0.1) is 0 Å². The first-order valence-corrected chi connectivity index (χ1v) is 12.3. The number of carbonyl (C=O) groups excluding carboxylic acids is 3. The van der Waals surface area contributed by atoms with Crippen LogP contribution in [0.3, 0.4) is 0 Å². The lowest BCUT2D eigenvalue weighted by Crippen LogP contribution is -2.35. The molecule has 34 heavy (non-hydrogen) atoms. The first kappa shape index (κ1) is 23.6. The zero-order chi connectivity index (χ0) is 24.1. The van der Waals surface area contributed by atoms with Crippen LogP contribution in [0.25, 0.3) is 0 Å². The average Bonchev–Trinajstić information content (AvgIpc) is 3.22. The number of rotatable bonds is 7. The highest BCUT2D eigenvalue weighted by Gasteiger charge is 2.29. The molecule has 0 aliphatic heterocycles. The summed E-state index contributed by atoms with van der Waals surface area (Å²) in [4.78, 5) is 45.6. The number of nitrogens with one attached hydrogen (secondary N) is 2. The van der Waals surface area contributed by atoms with Crippen LogP contribution in [0.15, 0.2) is 48.8 Å². The number of likely N-dealkylation sites (N-methyl/N-ethyl adjacent to an activating group) is 1. The van der Waals surface area contributed by atoms with E-state index >= 15 is 0 Å². The maximum atomic E-state index is 13.5. The number of anilines is 2. The van der Waals surface area contributed by atoms with E-state index in [1.54, 1.807) is 25.4 Å². The second kappa shape index (κ2) is 10.6. The van der Waals surface area contributed by atoms with E-state index in [-0.39, 0.29) is 24.3 Å². The number of aryl methyl sites for hydroxylation is 2. The molecular weight excluding hydrogens is 448 g/mol. The highest BCUT2D eigenvalue weighted by Crippen LogP contribution is 2.39. The molecule has 0 fully saturated rings. The number of carbonyl (C=O) groups is 3. The molecule has 0 bridgehead atoms. The fourth-order valence-corrected chi connectivity index (χ4v) is 5.45. The van der Waals surface area contributed by atoms with Crippen LogP contribution in [-0.2, 0) is 24.1 Å². The Labute approximate surface area is 203 Å². The molecule has 3 aromatic rings. The topological polar surface area (TPSA) is 91.4 Å². The van der Waals surface area contributed by atoms with Crippen molar-refractivity contribution in [3.05, 3.63) is 75.9 Å². The van der Waals surface area contributed by atoms with E-state index in [9.17, 15) is 14.4 Å². The minimum atomic E-state index is -0.308. The molecule has 0 unspecified atom stereocenters. The summed E-state index contributed by atoms with van der Waals surface area (Å²) in [5.41, 5.74) is 3.72. The van der Waals surface area contributed by atoms with Crippen LogP contribution >= 0.6 is 11.3 Å². The van der Waals surface area contributed by atoms with E-state index in [0.717, 1.165) is 53.8 Å². The summed E-state index contributed by atoms with van der Waals surface area (Å²) in [6.07, 6.45) is 7.64. The van der Waals surface area contributed by atoms with E-state index in [1.165, 1.54) is 22.4 Å². The zero-order valence-corrected chi connectivity index (χ0v) is 20.2. The monoisotopic (exact) mass is 476 g/mol. The second-order valence-electron chi connectivity index (χ2n) is 8.33. The van der Waals surface area contributed by atoms with Gasteiger partial charge in [0, 0.05) is 30.0 Å². The van der Waals surface area contributed by atoms with Crippen LogP contribution < -0.4 is 10.6 Å². The van der Waals surface area contributed by atoms with Crippen molar-refractivity contribution < 1.29 is 14.4 Å². The van der Waals surface area contributed by atoms with Crippen LogP contribution in [0.1, 0.15) is 56.5 Å². The number of pyridine rings is 1. The number of amides is 3. The van der Waals surface area contributed by atoms with Gasteiger partial charge in [-0.1, -0.05) is 25.1 Å². The Morgan fingerprint density at radius 3 is 2.62 bits per heavy atom. The first-order chi connectivity index (χ1) is 16.5. The van der Waals surface area contributed by atoms with E-state index in [2.05, 4.69) is 15.6 Å². The minimum absolute atomic E-state index is 0.0858. The molecule has 7 nitrogen and oxygen atoms in total. The van der Waals surface area contributed by atoms with Gasteiger partial charge in [-0.05, 0) is 61.4 Å². The number of benzene rings is 1. The van der Waals surface area contributed by atoms with Crippen molar-refractivity contribution in [1.29, 1.82) is 0 Å². The Kier molecular flexibility index (Phi) is 7.37. The molecule has 4 rings (SSSR count). The normalized spacial score (nSPS) is 12.5. The Bertz CT molecular complexity index is 1210. The average molecular weight is 477 g/mol. The maximum absolute atomic E-state index is 13.5. The fourth-order valence-electron chi connectivity index (χ4n) is 4.17. The van der Waals surface area contributed by atoms with Gasteiger partial charge >= 0.3 is 0 Å². The third-order valence-corrected chi connectivity index (χ3v) is 7.14. The SMILES string of the molecule is CCc1ccccc1NC(=O)CN(C)C(=O)c1c(NC(=O)c2cccnc2)sc2c1CCCC2. The van der Waals surface area contributed by atoms with Crippen molar-refractivity contribution >= 4 is 39.7 Å². The standard InChI is InChI=1S/C26H28N4O3S/c1-3-17-9-4-6-12-20(17)28-22(31)16-30(2)26(33)23-19-11-5-7-13-21(19)34-25(23)29-24(32)18-10-8-14-27-15-18/h4,6,8-10,12,14-15H,3,5,7,11,13,16H2,1-2H3,(H,28,31)(H,29,32). The Morgan fingerprint density at radius 1 is 1.06 bits per heavy atom. The van der Waals surface area contributed by atoms with Gasteiger partial charge in [-0.2, -0.15) is 0 Å². The Hall–Kier alpha value is -3.52. The summed E-state index contributed by atoms with van der Waals surface area (Å²) >= 11 is 1.46. The van der Waals surface area contributed by atoms with E-state index < -0.39 is 0 Å². The van der Waals surface area contributed by atoms with Crippen molar-refractivity contribution in [2.24, 2.45) is 0 Å². The van der Waals surface area contributed by atoms with Gasteiger partial charge in [0.25, 0.3) is 11.8 Å². The summed E-state index contributed by atoms with van der Waals surface area (Å²) in [5, 5.41) is 6.37. The van der Waals surface area contributed by atoms with Gasteiger partial charge in [-0.15, -0.1) is 11.3 Å². The molecular formula is C26H28N4O3S. The predicted molar refractivity (Wildman–Crippen MR) is 135 cm³/mol. The number of nitrogens with zero attached hydrogens (tertiary/aromatic N) is 2. The molecule has 1 aromatic carbocycles.